The summed E-state index contributed by atoms with van der Waals surface area (Å²) in [5.41, 5.74) is 1.14. The van der Waals surface area contributed by atoms with E-state index in [0.717, 1.165) is 24.9 Å². The van der Waals surface area contributed by atoms with E-state index in [1.54, 1.807) is 12.1 Å². The Bertz CT molecular complexity index is 392. The van der Waals surface area contributed by atoms with E-state index in [1.807, 2.05) is 12.1 Å². The topological polar surface area (TPSA) is 21.3 Å². The lowest BCUT2D eigenvalue weighted by Crippen LogP contribution is -2.32. The first-order valence-electron chi connectivity index (χ1n) is 7.65. The molecule has 2 unspecified atom stereocenters. The van der Waals surface area contributed by atoms with Crippen LogP contribution in [-0.4, -0.2) is 19.2 Å². The van der Waals surface area contributed by atoms with Gasteiger partial charge in [-0.1, -0.05) is 32.9 Å². The molecule has 0 spiro atoms. The van der Waals surface area contributed by atoms with E-state index in [0.29, 0.717) is 17.9 Å². The number of nitrogens with one attached hydrogen (secondary N) is 1. The van der Waals surface area contributed by atoms with Crippen LogP contribution in [0.5, 0.6) is 5.75 Å². The SMILES string of the molecule is CC(CCc1ccc(OC(F)F)cc1)NCC(C)C(C)C. The van der Waals surface area contributed by atoms with Gasteiger partial charge in [-0.3, -0.25) is 0 Å². The maximum absolute atomic E-state index is 12.1. The second-order valence-corrected chi connectivity index (χ2v) is 6.09. The molecule has 0 radical (unpaired) electrons. The second-order valence-electron chi connectivity index (χ2n) is 6.09. The zero-order valence-electron chi connectivity index (χ0n) is 13.4. The van der Waals surface area contributed by atoms with Gasteiger partial charge in [0.1, 0.15) is 5.75 Å². The van der Waals surface area contributed by atoms with Crippen molar-refractivity contribution in [3.05, 3.63) is 29.8 Å². The van der Waals surface area contributed by atoms with Gasteiger partial charge in [0.05, 0.1) is 0 Å². The highest BCUT2D eigenvalue weighted by Gasteiger charge is 2.09. The van der Waals surface area contributed by atoms with E-state index in [9.17, 15) is 8.78 Å². The van der Waals surface area contributed by atoms with Crippen LogP contribution in [0.15, 0.2) is 24.3 Å². The van der Waals surface area contributed by atoms with Gasteiger partial charge < -0.3 is 10.1 Å². The Balaban J connectivity index is 2.31. The van der Waals surface area contributed by atoms with E-state index in [-0.39, 0.29) is 5.75 Å². The summed E-state index contributed by atoms with van der Waals surface area (Å²) in [5, 5.41) is 3.55. The summed E-state index contributed by atoms with van der Waals surface area (Å²) in [7, 11) is 0. The molecule has 0 saturated carbocycles. The predicted octanol–water partition coefficient (Wildman–Crippen LogP) is 4.49. The van der Waals surface area contributed by atoms with Gasteiger partial charge in [0, 0.05) is 6.04 Å². The summed E-state index contributed by atoms with van der Waals surface area (Å²) >= 11 is 0. The molecule has 0 aliphatic rings. The molecule has 4 heteroatoms. The fourth-order valence-corrected chi connectivity index (χ4v) is 1.95. The number of rotatable bonds is 9. The van der Waals surface area contributed by atoms with E-state index in [1.165, 1.54) is 0 Å². The number of alkyl halides is 2. The summed E-state index contributed by atoms with van der Waals surface area (Å²) in [6.45, 7) is 7.18. The smallest absolute Gasteiger partial charge is 0.387 e. The van der Waals surface area contributed by atoms with Crippen molar-refractivity contribution in [3.8, 4) is 5.75 Å². The van der Waals surface area contributed by atoms with E-state index in [4.69, 9.17) is 0 Å². The average molecular weight is 299 g/mol. The summed E-state index contributed by atoms with van der Waals surface area (Å²) < 4.78 is 28.4. The second kappa shape index (κ2) is 8.98. The van der Waals surface area contributed by atoms with Gasteiger partial charge in [-0.05, 0) is 55.8 Å². The summed E-state index contributed by atoms with van der Waals surface area (Å²) in [5.74, 6) is 1.57. The van der Waals surface area contributed by atoms with E-state index < -0.39 is 6.61 Å². The maximum Gasteiger partial charge on any atom is 0.387 e. The van der Waals surface area contributed by atoms with Gasteiger partial charge in [-0.25, -0.2) is 0 Å². The largest absolute Gasteiger partial charge is 0.435 e. The molecule has 0 aliphatic carbocycles. The van der Waals surface area contributed by atoms with Crippen molar-refractivity contribution in [2.75, 3.05) is 6.54 Å². The van der Waals surface area contributed by atoms with Crippen LogP contribution in [-0.2, 0) is 6.42 Å². The number of ether oxygens (including phenoxy) is 1. The van der Waals surface area contributed by atoms with Gasteiger partial charge in [0.15, 0.2) is 0 Å². The Labute approximate surface area is 126 Å². The Morgan fingerprint density at radius 2 is 1.67 bits per heavy atom. The lowest BCUT2D eigenvalue weighted by Gasteiger charge is -2.20. The molecular weight excluding hydrogens is 272 g/mol. The van der Waals surface area contributed by atoms with Crippen LogP contribution in [0.2, 0.25) is 0 Å². The number of aryl methyl sites for hydroxylation is 1. The molecule has 0 bridgehead atoms. The third kappa shape index (κ3) is 7.42. The van der Waals surface area contributed by atoms with Crippen molar-refractivity contribution in [2.24, 2.45) is 11.8 Å². The average Bonchev–Trinajstić information content (AvgIpc) is 2.43. The Morgan fingerprint density at radius 1 is 1.05 bits per heavy atom. The van der Waals surface area contributed by atoms with Crippen LogP contribution in [0, 0.1) is 11.8 Å². The van der Waals surface area contributed by atoms with Crippen molar-refractivity contribution >= 4 is 0 Å². The molecule has 0 aliphatic heterocycles. The predicted molar refractivity (Wildman–Crippen MR) is 82.9 cm³/mol. The van der Waals surface area contributed by atoms with Crippen LogP contribution in [0.25, 0.3) is 0 Å². The molecule has 0 amide bonds. The van der Waals surface area contributed by atoms with E-state index >= 15 is 0 Å². The molecule has 0 heterocycles. The zero-order valence-corrected chi connectivity index (χ0v) is 13.4. The molecule has 2 nitrogen and oxygen atoms in total. The zero-order chi connectivity index (χ0) is 15.8. The molecule has 21 heavy (non-hydrogen) atoms. The highest BCUT2D eigenvalue weighted by Crippen LogP contribution is 2.16. The Hall–Kier alpha value is -1.16. The highest BCUT2D eigenvalue weighted by atomic mass is 19.3. The molecule has 0 fully saturated rings. The first kappa shape index (κ1) is 17.9. The minimum absolute atomic E-state index is 0.214. The Kier molecular flexibility index (Phi) is 7.65. The number of hydrogen-bond donors (Lipinski definition) is 1. The van der Waals surface area contributed by atoms with Crippen molar-refractivity contribution in [1.29, 1.82) is 0 Å². The van der Waals surface area contributed by atoms with Crippen molar-refractivity contribution in [3.63, 3.8) is 0 Å². The van der Waals surface area contributed by atoms with Gasteiger partial charge in [0.2, 0.25) is 0 Å². The third-order valence-corrected chi connectivity index (χ3v) is 3.94. The quantitative estimate of drug-likeness (QED) is 0.725. The molecule has 1 aromatic carbocycles. The fraction of sp³-hybridized carbons (Fsp3) is 0.647. The van der Waals surface area contributed by atoms with Gasteiger partial charge in [0.25, 0.3) is 0 Å². The van der Waals surface area contributed by atoms with Crippen LogP contribution in [0.1, 0.15) is 39.7 Å². The minimum Gasteiger partial charge on any atom is -0.435 e. The molecule has 0 saturated heterocycles. The van der Waals surface area contributed by atoms with Crippen LogP contribution in [0.3, 0.4) is 0 Å². The molecule has 120 valence electrons. The standard InChI is InChI=1S/C17H27F2NO/c1-12(2)13(3)11-20-14(4)5-6-15-7-9-16(10-8-15)21-17(18)19/h7-10,12-14,17,20H,5-6,11H2,1-4H3. The fourth-order valence-electron chi connectivity index (χ4n) is 1.95. The van der Waals surface area contributed by atoms with Crippen LogP contribution < -0.4 is 10.1 Å². The first-order valence-corrected chi connectivity index (χ1v) is 7.65. The number of benzene rings is 1. The summed E-state index contributed by atoms with van der Waals surface area (Å²) in [6, 6.07) is 7.34. The van der Waals surface area contributed by atoms with Crippen molar-refractivity contribution in [2.45, 2.75) is 53.2 Å². The number of hydrogen-bond acceptors (Lipinski definition) is 2. The van der Waals surface area contributed by atoms with E-state index in [2.05, 4.69) is 37.7 Å². The summed E-state index contributed by atoms with van der Waals surface area (Å²) in [4.78, 5) is 0. The molecule has 1 rings (SSSR count). The van der Waals surface area contributed by atoms with Gasteiger partial charge in [-0.15, -0.1) is 0 Å². The maximum atomic E-state index is 12.1. The Morgan fingerprint density at radius 3 is 2.19 bits per heavy atom. The molecule has 2 atom stereocenters. The molecule has 1 aromatic rings. The van der Waals surface area contributed by atoms with Crippen molar-refractivity contribution < 1.29 is 13.5 Å². The van der Waals surface area contributed by atoms with Crippen molar-refractivity contribution in [1.82, 2.24) is 5.32 Å². The monoisotopic (exact) mass is 299 g/mol. The third-order valence-electron chi connectivity index (χ3n) is 3.94. The molecule has 1 N–H and O–H groups in total. The normalized spacial score (nSPS) is 14.5. The minimum atomic E-state index is -2.76. The lowest BCUT2D eigenvalue weighted by atomic mass is 9.97. The van der Waals surface area contributed by atoms with Gasteiger partial charge >= 0.3 is 6.61 Å². The lowest BCUT2D eigenvalue weighted by molar-refractivity contribution is -0.0498. The molecular formula is C17H27F2NO. The first-order chi connectivity index (χ1) is 9.88. The van der Waals surface area contributed by atoms with Gasteiger partial charge in [-0.2, -0.15) is 8.78 Å². The molecule has 0 aromatic heterocycles. The highest BCUT2D eigenvalue weighted by molar-refractivity contribution is 5.27. The van der Waals surface area contributed by atoms with Crippen LogP contribution in [0.4, 0.5) is 8.78 Å². The van der Waals surface area contributed by atoms with Crippen LogP contribution >= 0.6 is 0 Å². The summed E-state index contributed by atoms with van der Waals surface area (Å²) in [6.07, 6.45) is 1.96. The number of halogens is 2.